The first-order chi connectivity index (χ1) is 11.6. The van der Waals surface area contributed by atoms with E-state index < -0.39 is 5.25 Å². The van der Waals surface area contributed by atoms with Crippen molar-refractivity contribution in [1.29, 1.82) is 0 Å². The molecule has 1 saturated heterocycles. The quantitative estimate of drug-likeness (QED) is 0.820. The fourth-order valence-electron chi connectivity index (χ4n) is 2.15. The van der Waals surface area contributed by atoms with E-state index in [1.54, 1.807) is 6.07 Å². The molecule has 0 aliphatic carbocycles. The number of aliphatic imine (C=N–C) groups is 1. The summed E-state index contributed by atoms with van der Waals surface area (Å²) in [6, 6.07) is 16.6. The Kier molecular flexibility index (Phi) is 5.32. The Hall–Kier alpha value is -2.12. The molecule has 2 amide bonds. The van der Waals surface area contributed by atoms with Crippen LogP contribution in [0.25, 0.3) is 0 Å². The smallest absolute Gasteiger partial charge is 0.238 e. The van der Waals surface area contributed by atoms with Crippen LogP contribution in [0.5, 0.6) is 0 Å². The molecule has 122 valence electrons. The van der Waals surface area contributed by atoms with Crippen LogP contribution in [0.3, 0.4) is 0 Å². The van der Waals surface area contributed by atoms with Gasteiger partial charge in [0.15, 0.2) is 5.17 Å². The van der Waals surface area contributed by atoms with Gasteiger partial charge in [-0.25, -0.2) is 4.99 Å². The van der Waals surface area contributed by atoms with Crippen LogP contribution in [-0.2, 0) is 9.59 Å². The normalized spacial score (nSPS) is 19.0. The highest BCUT2D eigenvalue weighted by atomic mass is 79.9. The monoisotopic (exact) mass is 403 g/mol. The molecular formula is C17H14BrN3O2S. The van der Waals surface area contributed by atoms with Crippen LogP contribution < -0.4 is 10.6 Å². The Morgan fingerprint density at radius 1 is 1.21 bits per heavy atom. The number of rotatable bonds is 3. The van der Waals surface area contributed by atoms with E-state index in [9.17, 15) is 9.59 Å². The zero-order valence-electron chi connectivity index (χ0n) is 12.5. The van der Waals surface area contributed by atoms with Gasteiger partial charge in [0.25, 0.3) is 0 Å². The van der Waals surface area contributed by atoms with Gasteiger partial charge in [0.05, 0.1) is 5.69 Å². The minimum Gasteiger partial charge on any atom is -0.325 e. The number of amidine groups is 1. The number of nitrogens with zero attached hydrogens (tertiary/aromatic N) is 1. The molecule has 0 bridgehead atoms. The summed E-state index contributed by atoms with van der Waals surface area (Å²) in [5.41, 5.74) is 1.41. The van der Waals surface area contributed by atoms with E-state index in [-0.39, 0.29) is 18.2 Å². The molecule has 2 N–H and O–H groups in total. The second-order valence-electron chi connectivity index (χ2n) is 5.11. The summed E-state index contributed by atoms with van der Waals surface area (Å²) >= 11 is 4.62. The number of carbonyl (C=O) groups excluding carboxylic acids is 2. The number of benzene rings is 2. The molecule has 1 aliphatic rings. The molecule has 1 heterocycles. The van der Waals surface area contributed by atoms with Crippen LogP contribution in [0.2, 0.25) is 0 Å². The summed E-state index contributed by atoms with van der Waals surface area (Å²) in [5.74, 6) is -0.425. The Balaban J connectivity index is 1.72. The second kappa shape index (κ2) is 7.63. The van der Waals surface area contributed by atoms with E-state index in [0.717, 1.165) is 10.2 Å². The topological polar surface area (TPSA) is 70.6 Å². The lowest BCUT2D eigenvalue weighted by Crippen LogP contribution is -2.41. The first-order valence-electron chi connectivity index (χ1n) is 7.27. The molecular weight excluding hydrogens is 390 g/mol. The zero-order valence-corrected chi connectivity index (χ0v) is 14.9. The molecule has 0 radical (unpaired) electrons. The van der Waals surface area contributed by atoms with Crippen LogP contribution >= 0.6 is 27.7 Å². The van der Waals surface area contributed by atoms with Crippen LogP contribution in [-0.4, -0.2) is 22.2 Å². The van der Waals surface area contributed by atoms with E-state index >= 15 is 0 Å². The lowest BCUT2D eigenvalue weighted by atomic mass is 10.2. The molecule has 2 aromatic rings. The van der Waals surface area contributed by atoms with Gasteiger partial charge in [0, 0.05) is 16.6 Å². The summed E-state index contributed by atoms with van der Waals surface area (Å²) < 4.78 is 0.876. The van der Waals surface area contributed by atoms with E-state index in [0.29, 0.717) is 10.9 Å². The first kappa shape index (κ1) is 16.7. The van der Waals surface area contributed by atoms with Crippen molar-refractivity contribution in [3.05, 3.63) is 59.1 Å². The molecule has 0 unspecified atom stereocenters. The maximum Gasteiger partial charge on any atom is 0.238 e. The number of amides is 2. The molecule has 1 aliphatic heterocycles. The lowest BCUT2D eigenvalue weighted by Gasteiger charge is -2.22. The minimum absolute atomic E-state index is 0.123. The fraction of sp³-hybridized carbons (Fsp3) is 0.118. The molecule has 5 nitrogen and oxygen atoms in total. The van der Waals surface area contributed by atoms with Crippen molar-refractivity contribution in [3.8, 4) is 0 Å². The van der Waals surface area contributed by atoms with Gasteiger partial charge in [-0.3, -0.25) is 9.59 Å². The largest absolute Gasteiger partial charge is 0.325 e. The van der Waals surface area contributed by atoms with Crippen molar-refractivity contribution < 1.29 is 9.59 Å². The van der Waals surface area contributed by atoms with E-state index in [1.165, 1.54) is 11.8 Å². The summed E-state index contributed by atoms with van der Waals surface area (Å²) in [4.78, 5) is 28.7. The molecule has 2 aromatic carbocycles. The van der Waals surface area contributed by atoms with Gasteiger partial charge in [-0.1, -0.05) is 52.0 Å². The van der Waals surface area contributed by atoms with Crippen LogP contribution in [0, 0.1) is 0 Å². The van der Waals surface area contributed by atoms with Crippen molar-refractivity contribution in [2.75, 3.05) is 5.32 Å². The third-order valence-corrected chi connectivity index (χ3v) is 4.82. The molecule has 1 atom stereocenters. The summed E-state index contributed by atoms with van der Waals surface area (Å²) in [7, 11) is 0. The Bertz CT molecular complexity index is 795. The molecule has 0 spiro atoms. The SMILES string of the molecule is O=C1C[C@H](C(=O)Nc2cccc(Br)c2)SC(=Nc2ccccc2)N1. The summed E-state index contributed by atoms with van der Waals surface area (Å²) in [5, 5.41) is 5.47. The van der Waals surface area contributed by atoms with Crippen molar-refractivity contribution >= 4 is 56.0 Å². The Morgan fingerprint density at radius 3 is 2.75 bits per heavy atom. The molecule has 24 heavy (non-hydrogen) atoms. The highest BCUT2D eigenvalue weighted by Crippen LogP contribution is 2.25. The highest BCUT2D eigenvalue weighted by Gasteiger charge is 2.30. The molecule has 3 rings (SSSR count). The Labute approximate surface area is 152 Å². The van der Waals surface area contributed by atoms with Crippen molar-refractivity contribution in [2.24, 2.45) is 4.99 Å². The van der Waals surface area contributed by atoms with E-state index in [2.05, 4.69) is 31.6 Å². The molecule has 0 aromatic heterocycles. The maximum atomic E-state index is 12.4. The van der Waals surface area contributed by atoms with Crippen molar-refractivity contribution in [2.45, 2.75) is 11.7 Å². The number of para-hydroxylation sites is 1. The molecule has 7 heteroatoms. The van der Waals surface area contributed by atoms with Crippen LogP contribution in [0.1, 0.15) is 6.42 Å². The maximum absolute atomic E-state index is 12.4. The van der Waals surface area contributed by atoms with Gasteiger partial charge in [0.1, 0.15) is 5.25 Å². The summed E-state index contributed by atoms with van der Waals surface area (Å²) in [6.45, 7) is 0. The van der Waals surface area contributed by atoms with Gasteiger partial charge in [-0.05, 0) is 30.3 Å². The predicted molar refractivity (Wildman–Crippen MR) is 100 cm³/mol. The number of hydrogen-bond acceptors (Lipinski definition) is 4. The number of halogens is 1. The number of carbonyl (C=O) groups is 2. The first-order valence-corrected chi connectivity index (χ1v) is 8.94. The second-order valence-corrected chi connectivity index (χ2v) is 7.22. The fourth-order valence-corrected chi connectivity index (χ4v) is 3.55. The minimum atomic E-state index is -0.514. The summed E-state index contributed by atoms with van der Waals surface area (Å²) in [6.07, 6.45) is 0.123. The van der Waals surface area contributed by atoms with Crippen LogP contribution in [0.4, 0.5) is 11.4 Å². The molecule has 0 saturated carbocycles. The van der Waals surface area contributed by atoms with E-state index in [1.807, 2.05) is 48.5 Å². The highest BCUT2D eigenvalue weighted by molar-refractivity contribution is 9.10. The van der Waals surface area contributed by atoms with Crippen molar-refractivity contribution in [3.63, 3.8) is 0 Å². The van der Waals surface area contributed by atoms with Gasteiger partial charge in [-0.15, -0.1) is 0 Å². The predicted octanol–water partition coefficient (Wildman–Crippen LogP) is 3.70. The van der Waals surface area contributed by atoms with Crippen LogP contribution in [0.15, 0.2) is 64.1 Å². The molecule has 1 fully saturated rings. The van der Waals surface area contributed by atoms with Gasteiger partial charge >= 0.3 is 0 Å². The van der Waals surface area contributed by atoms with Gasteiger partial charge < -0.3 is 10.6 Å². The van der Waals surface area contributed by atoms with Gasteiger partial charge in [0.2, 0.25) is 11.8 Å². The number of nitrogens with one attached hydrogen (secondary N) is 2. The Morgan fingerprint density at radius 2 is 2.00 bits per heavy atom. The third-order valence-electron chi connectivity index (χ3n) is 3.24. The average Bonchev–Trinajstić information content (AvgIpc) is 2.55. The zero-order chi connectivity index (χ0) is 16.9. The number of anilines is 1. The third kappa shape index (κ3) is 4.46. The number of thioether (sulfide) groups is 1. The van der Waals surface area contributed by atoms with Gasteiger partial charge in [-0.2, -0.15) is 0 Å². The standard InChI is InChI=1S/C17H14BrN3O2S/c18-11-5-4-8-13(9-11)19-16(23)14-10-15(22)21-17(24-14)20-12-6-2-1-3-7-12/h1-9,14H,10H2,(H,19,23)(H,20,21,22)/t14-/m1/s1. The average molecular weight is 404 g/mol. The van der Waals surface area contributed by atoms with E-state index in [4.69, 9.17) is 0 Å². The number of hydrogen-bond donors (Lipinski definition) is 2. The van der Waals surface area contributed by atoms with Crippen molar-refractivity contribution in [1.82, 2.24) is 5.32 Å². The lowest BCUT2D eigenvalue weighted by molar-refractivity contribution is -0.123.